The van der Waals surface area contributed by atoms with Gasteiger partial charge in [-0.15, -0.1) is 0 Å². The summed E-state index contributed by atoms with van der Waals surface area (Å²) in [5.74, 6) is -1.03. The lowest BCUT2D eigenvalue weighted by Crippen LogP contribution is -2.46. The van der Waals surface area contributed by atoms with Crippen LogP contribution in [0.4, 0.5) is 5.69 Å². The largest absolute Gasteiger partial charge is 0.481 e. The highest BCUT2D eigenvalue weighted by Crippen LogP contribution is 2.16. The number of carboxylic acid groups (broad SMARTS) is 1. The zero-order valence-corrected chi connectivity index (χ0v) is 12.2. The molecule has 2 rings (SSSR count). The smallest absolute Gasteiger partial charge is 0.306 e. The topological polar surface area (TPSA) is 108 Å². The van der Waals surface area contributed by atoms with E-state index in [4.69, 9.17) is 9.84 Å². The van der Waals surface area contributed by atoms with E-state index in [9.17, 15) is 9.59 Å². The lowest BCUT2D eigenvalue weighted by Gasteiger charge is -2.31. The van der Waals surface area contributed by atoms with E-state index in [0.29, 0.717) is 25.4 Å². The van der Waals surface area contributed by atoms with Gasteiger partial charge in [-0.05, 0) is 13.8 Å². The van der Waals surface area contributed by atoms with Crippen LogP contribution in [0.2, 0.25) is 0 Å². The van der Waals surface area contributed by atoms with Gasteiger partial charge in [0.15, 0.2) is 0 Å². The van der Waals surface area contributed by atoms with Gasteiger partial charge in [-0.25, -0.2) is 0 Å². The number of hydrogen-bond donors (Lipinski definition) is 3. The van der Waals surface area contributed by atoms with Gasteiger partial charge >= 0.3 is 5.97 Å². The summed E-state index contributed by atoms with van der Waals surface area (Å²) in [5.41, 5.74) is 2.26. The first kappa shape index (κ1) is 15.5. The molecule has 1 unspecified atom stereocenters. The molecule has 0 aromatic carbocycles. The van der Waals surface area contributed by atoms with Gasteiger partial charge in [-0.3, -0.25) is 19.6 Å². The number of morpholine rings is 1. The van der Waals surface area contributed by atoms with E-state index in [0.717, 1.165) is 11.4 Å². The number of H-pyrrole nitrogens is 1. The number of nitrogens with zero attached hydrogens (tertiary/aromatic N) is 2. The first-order valence-electron chi connectivity index (χ1n) is 6.83. The van der Waals surface area contributed by atoms with Gasteiger partial charge in [-0.1, -0.05) is 0 Å². The van der Waals surface area contributed by atoms with Crippen molar-refractivity contribution in [2.45, 2.75) is 26.4 Å². The number of amides is 1. The first-order chi connectivity index (χ1) is 9.95. The number of aryl methyl sites for hydroxylation is 2. The van der Waals surface area contributed by atoms with E-state index in [1.165, 1.54) is 0 Å². The number of nitrogens with one attached hydrogen (secondary N) is 2. The average Bonchev–Trinajstić information content (AvgIpc) is 2.70. The Balaban J connectivity index is 1.86. The standard InChI is InChI=1S/C13H20N4O4/c1-8-13(9(2)16-15-8)14-11(18)7-17-3-4-21-10(6-17)5-12(19)20/h10H,3-7H2,1-2H3,(H,14,18)(H,15,16)(H,19,20). The SMILES string of the molecule is Cc1n[nH]c(C)c1NC(=O)CN1CCOC(CC(=O)O)C1. The van der Waals surface area contributed by atoms with Crippen LogP contribution in [0, 0.1) is 13.8 Å². The summed E-state index contributed by atoms with van der Waals surface area (Å²) in [6.45, 7) is 5.37. The van der Waals surface area contributed by atoms with Crippen LogP contribution in [0.5, 0.6) is 0 Å². The molecule has 1 aromatic heterocycles. The number of rotatable bonds is 5. The first-order valence-corrected chi connectivity index (χ1v) is 6.83. The second kappa shape index (κ2) is 6.68. The summed E-state index contributed by atoms with van der Waals surface area (Å²) in [6.07, 6.45) is -0.403. The Bertz CT molecular complexity index is 509. The molecule has 1 atom stereocenters. The number of aromatic amines is 1. The maximum absolute atomic E-state index is 12.1. The Morgan fingerprint density at radius 1 is 1.52 bits per heavy atom. The fourth-order valence-corrected chi connectivity index (χ4v) is 2.36. The minimum absolute atomic E-state index is 0.0436. The number of hydrogen-bond acceptors (Lipinski definition) is 5. The number of carbonyl (C=O) groups excluding carboxylic acids is 1. The molecule has 21 heavy (non-hydrogen) atoms. The molecule has 0 spiro atoms. The number of anilines is 1. The van der Waals surface area contributed by atoms with E-state index in [-0.39, 0.29) is 25.0 Å². The summed E-state index contributed by atoms with van der Waals surface area (Å²) in [4.78, 5) is 24.7. The molecule has 0 bridgehead atoms. The number of carboxylic acids is 1. The van der Waals surface area contributed by atoms with E-state index < -0.39 is 5.97 Å². The van der Waals surface area contributed by atoms with Gasteiger partial charge in [0.25, 0.3) is 0 Å². The van der Waals surface area contributed by atoms with E-state index in [2.05, 4.69) is 15.5 Å². The fourth-order valence-electron chi connectivity index (χ4n) is 2.36. The predicted molar refractivity (Wildman–Crippen MR) is 75.1 cm³/mol. The molecule has 2 heterocycles. The van der Waals surface area contributed by atoms with Crippen LogP contribution >= 0.6 is 0 Å². The Morgan fingerprint density at radius 2 is 2.29 bits per heavy atom. The number of ether oxygens (including phenoxy) is 1. The van der Waals surface area contributed by atoms with Crippen LogP contribution < -0.4 is 5.32 Å². The molecule has 0 radical (unpaired) electrons. The van der Waals surface area contributed by atoms with Crippen LogP contribution in [0.15, 0.2) is 0 Å². The van der Waals surface area contributed by atoms with Gasteiger partial charge < -0.3 is 15.2 Å². The third-order valence-corrected chi connectivity index (χ3v) is 3.38. The van der Waals surface area contributed by atoms with Crippen molar-refractivity contribution < 1.29 is 19.4 Å². The molecule has 1 aromatic rings. The molecule has 1 aliphatic heterocycles. The van der Waals surface area contributed by atoms with Crippen molar-refractivity contribution in [3.8, 4) is 0 Å². The van der Waals surface area contributed by atoms with Crippen LogP contribution in [-0.2, 0) is 14.3 Å². The Morgan fingerprint density at radius 3 is 2.90 bits per heavy atom. The molecule has 8 nitrogen and oxygen atoms in total. The fraction of sp³-hybridized carbons (Fsp3) is 0.615. The lowest BCUT2D eigenvalue weighted by atomic mass is 10.2. The van der Waals surface area contributed by atoms with Crippen molar-refractivity contribution in [2.24, 2.45) is 0 Å². The molecule has 8 heteroatoms. The van der Waals surface area contributed by atoms with Crippen molar-refractivity contribution >= 4 is 17.6 Å². The lowest BCUT2D eigenvalue weighted by molar-refractivity contribution is -0.142. The minimum atomic E-state index is -0.893. The van der Waals surface area contributed by atoms with Crippen LogP contribution in [0.1, 0.15) is 17.8 Å². The van der Waals surface area contributed by atoms with Crippen molar-refractivity contribution in [3.63, 3.8) is 0 Å². The van der Waals surface area contributed by atoms with Crippen molar-refractivity contribution in [2.75, 3.05) is 31.6 Å². The maximum atomic E-state index is 12.1. The van der Waals surface area contributed by atoms with Crippen LogP contribution in [0.25, 0.3) is 0 Å². The summed E-state index contributed by atoms with van der Waals surface area (Å²) >= 11 is 0. The monoisotopic (exact) mass is 296 g/mol. The molecular formula is C13H20N4O4. The molecule has 1 fully saturated rings. The van der Waals surface area contributed by atoms with Crippen LogP contribution in [-0.4, -0.2) is 64.4 Å². The average molecular weight is 296 g/mol. The third-order valence-electron chi connectivity index (χ3n) is 3.38. The number of aliphatic carboxylic acids is 1. The molecule has 116 valence electrons. The van der Waals surface area contributed by atoms with Gasteiger partial charge in [0, 0.05) is 13.1 Å². The molecule has 1 saturated heterocycles. The zero-order chi connectivity index (χ0) is 15.4. The molecule has 1 aliphatic rings. The normalized spacial score (nSPS) is 19.4. The Kier molecular flexibility index (Phi) is 4.92. The van der Waals surface area contributed by atoms with Crippen molar-refractivity contribution in [3.05, 3.63) is 11.4 Å². The second-order valence-electron chi connectivity index (χ2n) is 5.18. The molecule has 1 amide bonds. The summed E-state index contributed by atoms with van der Waals surface area (Å²) in [5, 5.41) is 18.4. The van der Waals surface area contributed by atoms with E-state index in [1.54, 1.807) is 0 Å². The second-order valence-corrected chi connectivity index (χ2v) is 5.18. The number of carbonyl (C=O) groups is 2. The summed E-state index contributed by atoms with van der Waals surface area (Å²) < 4.78 is 5.38. The Labute approximate surface area is 122 Å². The highest BCUT2D eigenvalue weighted by molar-refractivity contribution is 5.93. The molecule has 3 N–H and O–H groups in total. The van der Waals surface area contributed by atoms with E-state index in [1.807, 2.05) is 18.7 Å². The highest BCUT2D eigenvalue weighted by Gasteiger charge is 2.24. The number of aromatic nitrogens is 2. The predicted octanol–water partition coefficient (Wildman–Crippen LogP) is 0.141. The highest BCUT2D eigenvalue weighted by atomic mass is 16.5. The summed E-state index contributed by atoms with van der Waals surface area (Å²) in [6, 6.07) is 0. The van der Waals surface area contributed by atoms with E-state index >= 15 is 0 Å². The van der Waals surface area contributed by atoms with Crippen LogP contribution in [0.3, 0.4) is 0 Å². The maximum Gasteiger partial charge on any atom is 0.306 e. The van der Waals surface area contributed by atoms with Gasteiger partial charge in [0.1, 0.15) is 0 Å². The van der Waals surface area contributed by atoms with Gasteiger partial charge in [0.2, 0.25) is 5.91 Å². The van der Waals surface area contributed by atoms with Gasteiger partial charge in [0.05, 0.1) is 42.8 Å². The van der Waals surface area contributed by atoms with Crippen molar-refractivity contribution in [1.29, 1.82) is 0 Å². The Hall–Kier alpha value is -1.93. The third kappa shape index (κ3) is 4.27. The van der Waals surface area contributed by atoms with Crippen molar-refractivity contribution in [1.82, 2.24) is 15.1 Å². The zero-order valence-electron chi connectivity index (χ0n) is 12.2. The molecular weight excluding hydrogens is 276 g/mol. The molecule has 0 saturated carbocycles. The molecule has 0 aliphatic carbocycles. The minimum Gasteiger partial charge on any atom is -0.481 e. The van der Waals surface area contributed by atoms with Gasteiger partial charge in [-0.2, -0.15) is 5.10 Å². The summed E-state index contributed by atoms with van der Waals surface area (Å²) in [7, 11) is 0. The quantitative estimate of drug-likeness (QED) is 0.713.